The fourth-order valence-corrected chi connectivity index (χ4v) is 2.41. The summed E-state index contributed by atoms with van der Waals surface area (Å²) in [5, 5.41) is 7.04. The molecule has 1 N–H and O–H groups in total. The molecule has 3 aromatic rings. The number of aromatic nitrogens is 4. The first-order valence-electron chi connectivity index (χ1n) is 6.74. The first-order chi connectivity index (χ1) is 11.2. The Hall–Kier alpha value is -2.65. The maximum absolute atomic E-state index is 11.7. The van der Waals surface area contributed by atoms with Crippen molar-refractivity contribution < 1.29 is 14.1 Å². The van der Waals surface area contributed by atoms with Crippen LogP contribution in [0.3, 0.4) is 0 Å². The molecule has 0 fully saturated rings. The fraction of sp³-hybridized carbons (Fsp3) is 0.214. The number of thiazole rings is 1. The van der Waals surface area contributed by atoms with Crippen LogP contribution in [0.25, 0.3) is 11.4 Å². The molecule has 0 spiro atoms. The molecule has 0 aliphatic heterocycles. The molecule has 8 nitrogen and oxygen atoms in total. The molecule has 23 heavy (non-hydrogen) atoms. The molecular formula is C14H13N5O3S. The Morgan fingerprint density at radius 2 is 2.35 bits per heavy atom. The van der Waals surface area contributed by atoms with E-state index in [0.717, 1.165) is 10.4 Å². The molecule has 0 bridgehead atoms. The van der Waals surface area contributed by atoms with Crippen LogP contribution in [-0.4, -0.2) is 32.6 Å². The minimum Gasteiger partial charge on any atom is -0.362 e. The van der Waals surface area contributed by atoms with Crippen molar-refractivity contribution in [1.82, 2.24) is 20.1 Å². The summed E-state index contributed by atoms with van der Waals surface area (Å²) >= 11 is 1.40. The highest BCUT2D eigenvalue weighted by atomic mass is 32.1. The van der Waals surface area contributed by atoms with Crippen LogP contribution < -0.4 is 5.32 Å². The molecule has 0 unspecified atom stereocenters. The van der Waals surface area contributed by atoms with E-state index in [-0.39, 0.29) is 19.1 Å². The number of carbonyl (C=O) groups is 1. The van der Waals surface area contributed by atoms with Crippen LogP contribution >= 0.6 is 11.3 Å². The Morgan fingerprint density at radius 1 is 1.43 bits per heavy atom. The van der Waals surface area contributed by atoms with Gasteiger partial charge >= 0.3 is 0 Å². The van der Waals surface area contributed by atoms with E-state index in [2.05, 4.69) is 25.4 Å². The van der Waals surface area contributed by atoms with E-state index in [1.807, 2.05) is 13.0 Å². The summed E-state index contributed by atoms with van der Waals surface area (Å²) in [4.78, 5) is 24.9. The molecule has 0 atom stereocenters. The van der Waals surface area contributed by atoms with Gasteiger partial charge in [-0.2, -0.15) is 4.98 Å². The van der Waals surface area contributed by atoms with E-state index in [1.54, 1.807) is 24.7 Å². The lowest BCUT2D eigenvalue weighted by Gasteiger charge is -2.01. The van der Waals surface area contributed by atoms with Crippen LogP contribution in [0.15, 0.2) is 35.2 Å². The quantitative estimate of drug-likeness (QED) is 0.737. The second kappa shape index (κ2) is 7.07. The summed E-state index contributed by atoms with van der Waals surface area (Å²) in [5.41, 5.74) is 0.749. The molecule has 0 saturated carbocycles. The number of rotatable bonds is 6. The average Bonchev–Trinajstić information content (AvgIpc) is 3.17. The smallest absolute Gasteiger partial charge is 0.252 e. The molecule has 0 aliphatic carbocycles. The number of ether oxygens (including phenoxy) is 1. The van der Waals surface area contributed by atoms with Gasteiger partial charge in [0.25, 0.3) is 11.8 Å². The third-order valence-electron chi connectivity index (χ3n) is 2.71. The van der Waals surface area contributed by atoms with Crippen LogP contribution in [0, 0.1) is 6.92 Å². The average molecular weight is 331 g/mol. The summed E-state index contributed by atoms with van der Waals surface area (Å²) in [7, 11) is 0. The standard InChI is InChI=1S/C14H13N5O3S/c1-9-5-16-14(23-9)17-11(20)7-21-8-12-18-13(19-22-12)10-3-2-4-15-6-10/h2-6H,7-8H2,1H3,(H,16,17,20). The predicted octanol–water partition coefficient (Wildman–Crippen LogP) is 2.05. The highest BCUT2D eigenvalue weighted by Gasteiger charge is 2.10. The molecule has 0 aliphatic rings. The summed E-state index contributed by atoms with van der Waals surface area (Å²) < 4.78 is 10.3. The van der Waals surface area contributed by atoms with Gasteiger partial charge in [-0.3, -0.25) is 15.1 Å². The summed E-state index contributed by atoms with van der Waals surface area (Å²) in [5.74, 6) is 0.438. The van der Waals surface area contributed by atoms with Crippen molar-refractivity contribution in [2.24, 2.45) is 0 Å². The number of hydrogen-bond acceptors (Lipinski definition) is 8. The van der Waals surface area contributed by atoms with Gasteiger partial charge in [-0.15, -0.1) is 11.3 Å². The minimum absolute atomic E-state index is 0.0532. The van der Waals surface area contributed by atoms with E-state index < -0.39 is 0 Å². The molecule has 3 heterocycles. The molecule has 0 aromatic carbocycles. The number of amides is 1. The molecule has 118 valence electrons. The highest BCUT2D eigenvalue weighted by Crippen LogP contribution is 2.16. The second-order valence-corrected chi connectivity index (χ2v) is 5.81. The van der Waals surface area contributed by atoms with Crippen LogP contribution in [0.5, 0.6) is 0 Å². The van der Waals surface area contributed by atoms with Gasteiger partial charge in [0.05, 0.1) is 0 Å². The predicted molar refractivity (Wildman–Crippen MR) is 82.7 cm³/mol. The molecule has 0 radical (unpaired) electrons. The Labute approximate surface area is 135 Å². The molecule has 9 heteroatoms. The number of nitrogens with one attached hydrogen (secondary N) is 1. The zero-order valence-electron chi connectivity index (χ0n) is 12.2. The highest BCUT2D eigenvalue weighted by molar-refractivity contribution is 7.15. The summed E-state index contributed by atoms with van der Waals surface area (Å²) in [6.45, 7) is 1.85. The SMILES string of the molecule is Cc1cnc(NC(=O)COCc2nc(-c3cccnc3)no2)s1. The van der Waals surface area contributed by atoms with Gasteiger partial charge in [0.15, 0.2) is 5.13 Å². The first-order valence-corrected chi connectivity index (χ1v) is 7.55. The third kappa shape index (κ3) is 4.18. The number of hydrogen-bond donors (Lipinski definition) is 1. The van der Waals surface area contributed by atoms with E-state index in [0.29, 0.717) is 16.8 Å². The van der Waals surface area contributed by atoms with Gasteiger partial charge in [0.2, 0.25) is 5.82 Å². The van der Waals surface area contributed by atoms with Gasteiger partial charge in [-0.25, -0.2) is 4.98 Å². The van der Waals surface area contributed by atoms with E-state index in [1.165, 1.54) is 11.3 Å². The number of aryl methyl sites for hydroxylation is 1. The number of pyridine rings is 1. The van der Waals surface area contributed by atoms with Crippen molar-refractivity contribution in [3.05, 3.63) is 41.5 Å². The lowest BCUT2D eigenvalue weighted by atomic mass is 10.3. The second-order valence-electron chi connectivity index (χ2n) is 4.57. The van der Waals surface area contributed by atoms with Crippen molar-refractivity contribution >= 4 is 22.4 Å². The number of anilines is 1. The van der Waals surface area contributed by atoms with Crippen molar-refractivity contribution in [2.75, 3.05) is 11.9 Å². The maximum atomic E-state index is 11.7. The Morgan fingerprint density at radius 3 is 3.09 bits per heavy atom. The van der Waals surface area contributed by atoms with Gasteiger partial charge in [0.1, 0.15) is 13.2 Å². The van der Waals surface area contributed by atoms with Crippen molar-refractivity contribution in [3.63, 3.8) is 0 Å². The van der Waals surface area contributed by atoms with Gasteiger partial charge < -0.3 is 9.26 Å². The first kappa shape index (κ1) is 15.3. The third-order valence-corrected chi connectivity index (χ3v) is 3.54. The summed E-state index contributed by atoms with van der Waals surface area (Å²) in [6, 6.07) is 3.61. The zero-order chi connectivity index (χ0) is 16.1. The monoisotopic (exact) mass is 331 g/mol. The van der Waals surface area contributed by atoms with Crippen molar-refractivity contribution in [1.29, 1.82) is 0 Å². The molecule has 0 saturated heterocycles. The molecule has 1 amide bonds. The lowest BCUT2D eigenvalue weighted by molar-refractivity contribution is -0.121. The minimum atomic E-state index is -0.286. The van der Waals surface area contributed by atoms with Crippen LogP contribution in [0.4, 0.5) is 5.13 Å². The Kier molecular flexibility index (Phi) is 4.69. The van der Waals surface area contributed by atoms with Gasteiger partial charge in [-0.1, -0.05) is 5.16 Å². The van der Waals surface area contributed by atoms with E-state index in [9.17, 15) is 4.79 Å². The van der Waals surface area contributed by atoms with Gasteiger partial charge in [0, 0.05) is 29.0 Å². The van der Waals surface area contributed by atoms with E-state index >= 15 is 0 Å². The lowest BCUT2D eigenvalue weighted by Crippen LogP contribution is -2.18. The van der Waals surface area contributed by atoms with Gasteiger partial charge in [-0.05, 0) is 19.1 Å². The molecule has 3 aromatic heterocycles. The topological polar surface area (TPSA) is 103 Å². The van der Waals surface area contributed by atoms with Crippen LogP contribution in [0.1, 0.15) is 10.8 Å². The van der Waals surface area contributed by atoms with Crippen molar-refractivity contribution in [2.45, 2.75) is 13.5 Å². The molecular weight excluding hydrogens is 318 g/mol. The maximum Gasteiger partial charge on any atom is 0.252 e. The Balaban J connectivity index is 1.47. The molecule has 3 rings (SSSR count). The largest absolute Gasteiger partial charge is 0.362 e. The van der Waals surface area contributed by atoms with Crippen molar-refractivity contribution in [3.8, 4) is 11.4 Å². The number of carbonyl (C=O) groups excluding carboxylic acids is 1. The zero-order valence-corrected chi connectivity index (χ0v) is 13.0. The van der Waals surface area contributed by atoms with E-state index in [4.69, 9.17) is 9.26 Å². The van der Waals surface area contributed by atoms with Crippen LogP contribution in [-0.2, 0) is 16.1 Å². The fourth-order valence-electron chi connectivity index (χ4n) is 1.72. The number of nitrogens with zero attached hydrogens (tertiary/aromatic N) is 4. The summed E-state index contributed by atoms with van der Waals surface area (Å²) in [6.07, 6.45) is 4.99. The Bertz CT molecular complexity index is 787. The van der Waals surface area contributed by atoms with Crippen LogP contribution in [0.2, 0.25) is 0 Å². The normalized spacial score (nSPS) is 10.7.